The molecule has 1 aromatic carbocycles. The molecule has 0 aliphatic heterocycles. The zero-order chi connectivity index (χ0) is 14.3. The Morgan fingerprint density at radius 3 is 2.63 bits per heavy atom. The highest BCUT2D eigenvalue weighted by molar-refractivity contribution is 5.98. The zero-order valence-corrected chi connectivity index (χ0v) is 10.6. The van der Waals surface area contributed by atoms with Crippen molar-refractivity contribution < 1.29 is 18.7 Å². The summed E-state index contributed by atoms with van der Waals surface area (Å²) in [6.07, 6.45) is 1.44. The third-order valence-corrected chi connectivity index (χ3v) is 2.69. The normalized spacial score (nSPS) is 9.74. The number of carbonyl (C=O) groups is 2. The predicted molar refractivity (Wildman–Crippen MR) is 65.9 cm³/mol. The molecule has 19 heavy (non-hydrogen) atoms. The summed E-state index contributed by atoms with van der Waals surface area (Å²) in [6, 6.07) is 5.67. The minimum Gasteiger partial charge on any atom is -0.469 e. The molecule has 0 saturated carbocycles. The first kappa shape index (κ1) is 14.8. The number of carbonyl (C=O) groups excluding carboxylic acids is 2. The molecule has 0 atom stereocenters. The van der Waals surface area contributed by atoms with Crippen LogP contribution in [0.1, 0.15) is 41.6 Å². The summed E-state index contributed by atoms with van der Waals surface area (Å²) >= 11 is 0. The molecule has 0 amide bonds. The van der Waals surface area contributed by atoms with Gasteiger partial charge in [0.15, 0.2) is 5.78 Å². The van der Waals surface area contributed by atoms with E-state index < -0.39 is 5.82 Å². The van der Waals surface area contributed by atoms with Gasteiger partial charge in [-0.25, -0.2) is 4.39 Å². The lowest BCUT2D eigenvalue weighted by Gasteiger charge is -2.04. The standard InChI is InChI=1S/C14H14FNO3/c1-19-14(18)8-3-2-7-13(17)10-5-4-6-12(15)11(10)9-16/h4-6H,2-3,7-8H2,1H3. The van der Waals surface area contributed by atoms with E-state index in [2.05, 4.69) is 4.74 Å². The summed E-state index contributed by atoms with van der Waals surface area (Å²) in [5.41, 5.74) is -0.124. The SMILES string of the molecule is COC(=O)CCCCC(=O)c1cccc(F)c1C#N. The van der Waals surface area contributed by atoms with Gasteiger partial charge < -0.3 is 4.74 Å². The Morgan fingerprint density at radius 2 is 2.00 bits per heavy atom. The summed E-state index contributed by atoms with van der Waals surface area (Å²) in [7, 11) is 1.30. The number of rotatable bonds is 6. The summed E-state index contributed by atoms with van der Waals surface area (Å²) < 4.78 is 17.8. The second kappa shape index (κ2) is 7.27. The lowest BCUT2D eigenvalue weighted by atomic mass is 10.00. The van der Waals surface area contributed by atoms with Crippen molar-refractivity contribution in [2.75, 3.05) is 7.11 Å². The van der Waals surface area contributed by atoms with Crippen molar-refractivity contribution in [2.24, 2.45) is 0 Å². The van der Waals surface area contributed by atoms with Gasteiger partial charge in [0.1, 0.15) is 11.9 Å². The summed E-state index contributed by atoms with van der Waals surface area (Å²) in [4.78, 5) is 22.7. The highest BCUT2D eigenvalue weighted by Gasteiger charge is 2.14. The second-order valence-corrected chi connectivity index (χ2v) is 3.98. The van der Waals surface area contributed by atoms with Gasteiger partial charge in [0.05, 0.1) is 12.7 Å². The third-order valence-electron chi connectivity index (χ3n) is 2.69. The van der Waals surface area contributed by atoms with Crippen LogP contribution in [0.25, 0.3) is 0 Å². The maximum atomic E-state index is 13.3. The lowest BCUT2D eigenvalue weighted by Crippen LogP contribution is -2.05. The highest BCUT2D eigenvalue weighted by atomic mass is 19.1. The number of nitriles is 1. The van der Waals surface area contributed by atoms with Crippen molar-refractivity contribution in [3.8, 4) is 6.07 Å². The number of methoxy groups -OCH3 is 1. The van der Waals surface area contributed by atoms with Crippen LogP contribution in [-0.4, -0.2) is 18.9 Å². The molecule has 1 rings (SSSR count). The quantitative estimate of drug-likeness (QED) is 0.449. The molecule has 5 heteroatoms. The molecular weight excluding hydrogens is 249 g/mol. The van der Waals surface area contributed by atoms with Gasteiger partial charge in [-0.3, -0.25) is 9.59 Å². The molecule has 0 radical (unpaired) electrons. The van der Waals surface area contributed by atoms with Crippen LogP contribution in [0, 0.1) is 17.1 Å². The number of ketones is 1. The maximum Gasteiger partial charge on any atom is 0.305 e. The van der Waals surface area contributed by atoms with E-state index in [-0.39, 0.29) is 35.7 Å². The van der Waals surface area contributed by atoms with Gasteiger partial charge in [0.2, 0.25) is 0 Å². The molecule has 1 aromatic rings. The molecule has 0 saturated heterocycles. The predicted octanol–water partition coefficient (Wildman–Crippen LogP) is 2.61. The van der Waals surface area contributed by atoms with Crippen molar-refractivity contribution in [1.29, 1.82) is 5.26 Å². The molecule has 0 heterocycles. The fourth-order valence-electron chi connectivity index (χ4n) is 1.66. The number of unbranched alkanes of at least 4 members (excludes halogenated alkanes) is 1. The van der Waals surface area contributed by atoms with Crippen molar-refractivity contribution in [2.45, 2.75) is 25.7 Å². The van der Waals surface area contributed by atoms with Crippen LogP contribution >= 0.6 is 0 Å². The first-order valence-corrected chi connectivity index (χ1v) is 5.88. The number of ether oxygens (including phenoxy) is 1. The van der Waals surface area contributed by atoms with E-state index in [0.29, 0.717) is 12.8 Å². The largest absolute Gasteiger partial charge is 0.469 e. The molecule has 100 valence electrons. The Morgan fingerprint density at radius 1 is 1.32 bits per heavy atom. The van der Waals surface area contributed by atoms with E-state index in [1.807, 2.05) is 0 Å². The molecule has 4 nitrogen and oxygen atoms in total. The number of benzene rings is 1. The second-order valence-electron chi connectivity index (χ2n) is 3.98. The first-order chi connectivity index (χ1) is 9.10. The van der Waals surface area contributed by atoms with Gasteiger partial charge in [-0.05, 0) is 25.0 Å². The molecule has 0 spiro atoms. The van der Waals surface area contributed by atoms with E-state index in [4.69, 9.17) is 5.26 Å². The number of hydrogen-bond acceptors (Lipinski definition) is 4. The van der Waals surface area contributed by atoms with Gasteiger partial charge in [-0.15, -0.1) is 0 Å². The number of esters is 1. The lowest BCUT2D eigenvalue weighted by molar-refractivity contribution is -0.140. The Hall–Kier alpha value is -2.22. The summed E-state index contributed by atoms with van der Waals surface area (Å²) in [6.45, 7) is 0. The summed E-state index contributed by atoms with van der Waals surface area (Å²) in [5, 5.41) is 8.82. The molecule has 0 aliphatic carbocycles. The van der Waals surface area contributed by atoms with Crippen LogP contribution in [0.4, 0.5) is 4.39 Å². The fraction of sp³-hybridized carbons (Fsp3) is 0.357. The van der Waals surface area contributed by atoms with Gasteiger partial charge in [-0.2, -0.15) is 5.26 Å². The molecule has 0 aromatic heterocycles. The molecule has 0 fully saturated rings. The van der Waals surface area contributed by atoms with Crippen LogP contribution in [-0.2, 0) is 9.53 Å². The van der Waals surface area contributed by atoms with Gasteiger partial charge in [0, 0.05) is 18.4 Å². The van der Waals surface area contributed by atoms with Crippen molar-refractivity contribution in [1.82, 2.24) is 0 Å². The van der Waals surface area contributed by atoms with Crippen molar-refractivity contribution in [3.63, 3.8) is 0 Å². The smallest absolute Gasteiger partial charge is 0.305 e. The maximum absolute atomic E-state index is 13.3. The minimum absolute atomic E-state index is 0.0977. The van der Waals surface area contributed by atoms with E-state index in [1.54, 1.807) is 6.07 Å². The molecule has 0 bridgehead atoms. The Kier molecular flexibility index (Phi) is 5.68. The molecular formula is C14H14FNO3. The number of Topliss-reactive ketones (excluding diaryl/α,β-unsaturated/α-hetero) is 1. The monoisotopic (exact) mass is 263 g/mol. The van der Waals surface area contributed by atoms with Crippen LogP contribution < -0.4 is 0 Å². The van der Waals surface area contributed by atoms with E-state index in [0.717, 1.165) is 6.07 Å². The van der Waals surface area contributed by atoms with Crippen LogP contribution in [0.2, 0.25) is 0 Å². The van der Waals surface area contributed by atoms with Crippen molar-refractivity contribution in [3.05, 3.63) is 35.1 Å². The average molecular weight is 263 g/mol. The van der Waals surface area contributed by atoms with E-state index >= 15 is 0 Å². The summed E-state index contributed by atoms with van der Waals surface area (Å²) in [5.74, 6) is -1.31. The van der Waals surface area contributed by atoms with E-state index in [9.17, 15) is 14.0 Å². The third kappa shape index (κ3) is 4.18. The number of hydrogen-bond donors (Lipinski definition) is 0. The van der Waals surface area contributed by atoms with Gasteiger partial charge in [0.25, 0.3) is 0 Å². The average Bonchev–Trinajstić information content (AvgIpc) is 2.42. The van der Waals surface area contributed by atoms with Gasteiger partial charge >= 0.3 is 5.97 Å². The number of nitrogens with zero attached hydrogens (tertiary/aromatic N) is 1. The van der Waals surface area contributed by atoms with Crippen LogP contribution in [0.15, 0.2) is 18.2 Å². The van der Waals surface area contributed by atoms with Gasteiger partial charge in [-0.1, -0.05) is 6.07 Å². The highest BCUT2D eigenvalue weighted by Crippen LogP contribution is 2.16. The Balaban J connectivity index is 2.58. The van der Waals surface area contributed by atoms with Crippen molar-refractivity contribution >= 4 is 11.8 Å². The Labute approximate surface area is 110 Å². The molecule has 0 aliphatic rings. The minimum atomic E-state index is -0.692. The molecule has 0 N–H and O–H groups in total. The molecule has 0 unspecified atom stereocenters. The fourth-order valence-corrected chi connectivity index (χ4v) is 1.66. The first-order valence-electron chi connectivity index (χ1n) is 5.88. The zero-order valence-electron chi connectivity index (χ0n) is 10.6. The van der Waals surface area contributed by atoms with Crippen LogP contribution in [0.5, 0.6) is 0 Å². The van der Waals surface area contributed by atoms with Crippen LogP contribution in [0.3, 0.4) is 0 Å². The van der Waals surface area contributed by atoms with E-state index in [1.165, 1.54) is 19.2 Å². The Bertz CT molecular complexity index is 520. The topological polar surface area (TPSA) is 67.2 Å². The number of halogens is 1.